The largest absolute Gasteiger partial charge is 1.00 e. The minimum absolute atomic E-state index is 0. The number of benzene rings is 2. The molecule has 3 rings (SSSR count). The molecule has 0 aliphatic carbocycles. The van der Waals surface area contributed by atoms with E-state index in [1.165, 1.54) is 49.8 Å². The summed E-state index contributed by atoms with van der Waals surface area (Å²) in [6.07, 6.45) is 1.42. The molecular weight excluding hydrogens is 511 g/mol. The molecule has 1 heterocycles. The molecule has 0 aliphatic heterocycles. The zero-order valence-electron chi connectivity index (χ0n) is 18.6. The van der Waals surface area contributed by atoms with Gasteiger partial charge in [0.1, 0.15) is 6.33 Å². The number of imidazole rings is 1. The molecular formula is C18H19ClFKN3O6PS. The average molecular weight is 530 g/mol. The van der Waals surface area contributed by atoms with E-state index < -0.39 is 23.6 Å². The van der Waals surface area contributed by atoms with Crippen molar-refractivity contribution < 1.29 is 84.0 Å². The zero-order chi connectivity index (χ0) is 22.8. The number of ether oxygens (including phenoxy) is 1. The minimum Gasteiger partial charge on any atom is -1.00 e. The maximum absolute atomic E-state index is 14.2. The topological polar surface area (TPSA) is 109 Å². The molecule has 0 unspecified atom stereocenters. The third kappa shape index (κ3) is 5.88. The predicted octanol–water partition coefficient (Wildman–Crippen LogP) is 1.14. The van der Waals surface area contributed by atoms with Gasteiger partial charge in [0.25, 0.3) is 0 Å². The third-order valence-electron chi connectivity index (χ3n) is 4.29. The van der Waals surface area contributed by atoms with E-state index in [1.54, 1.807) is 10.6 Å². The molecule has 3 aromatic rings. The van der Waals surface area contributed by atoms with Gasteiger partial charge in [-0.15, -0.1) is 4.49 Å². The molecule has 1 N–H and O–H groups in total. The number of methoxy groups -OCH3 is 1. The Morgan fingerprint density at radius 1 is 1.12 bits per heavy atom. The first-order valence-electron chi connectivity index (χ1n) is 8.57. The van der Waals surface area contributed by atoms with Crippen molar-refractivity contribution in [1.29, 1.82) is 0 Å². The summed E-state index contributed by atoms with van der Waals surface area (Å²) in [6, 6.07) is 9.90. The first-order chi connectivity index (χ1) is 14.6. The van der Waals surface area contributed by atoms with Gasteiger partial charge in [-0.3, -0.25) is 13.6 Å². The van der Waals surface area contributed by atoms with Crippen molar-refractivity contribution in [2.45, 2.75) is 4.90 Å². The van der Waals surface area contributed by atoms with Crippen molar-refractivity contribution in [2.24, 2.45) is 0 Å². The summed E-state index contributed by atoms with van der Waals surface area (Å²) in [4.78, 5) is 3.89. The number of aromatic nitrogens is 2. The molecule has 0 bridgehead atoms. The smallest absolute Gasteiger partial charge is 1.00 e. The third-order valence-corrected chi connectivity index (χ3v) is 8.27. The van der Waals surface area contributed by atoms with Gasteiger partial charge in [0, 0.05) is 25.5 Å². The Hall–Kier alpha value is -0.634. The van der Waals surface area contributed by atoms with Crippen molar-refractivity contribution in [2.75, 3.05) is 21.3 Å². The summed E-state index contributed by atoms with van der Waals surface area (Å²) in [5.41, 5.74) is 1.35. The van der Waals surface area contributed by atoms with Crippen LogP contribution in [0.5, 0.6) is 5.75 Å². The first kappa shape index (κ1) is 27.6. The summed E-state index contributed by atoms with van der Waals surface area (Å²) >= 11 is 6.21. The summed E-state index contributed by atoms with van der Waals surface area (Å²) in [5.74, 6) is -0.491. The Labute approximate surface area is 233 Å². The standard InChI is InChI=1S/C18H18ClFN3O6PS.K.H/c1-27-16-9-4-12(10-15(16)20)17-18(19)21-11-23(17)13-5-7-14(8-6-13)31(25,26)22-30(24,28-2)29-3;;/h4-11H,1-3H3,(H,22,24);;/q;+1;-1. The fraction of sp³-hybridized carbons (Fsp3) is 0.167. The van der Waals surface area contributed by atoms with Crippen LogP contribution in [0, 0.1) is 5.82 Å². The van der Waals surface area contributed by atoms with E-state index in [0.717, 1.165) is 14.2 Å². The number of sulfonamides is 1. The molecule has 9 nitrogen and oxygen atoms in total. The molecule has 168 valence electrons. The number of hydrogen-bond donors (Lipinski definition) is 1. The number of nitrogens with one attached hydrogen (secondary N) is 1. The summed E-state index contributed by atoms with van der Waals surface area (Å²) < 4.78 is 68.8. The van der Waals surface area contributed by atoms with Crippen molar-refractivity contribution in [3.05, 3.63) is 59.8 Å². The van der Waals surface area contributed by atoms with Crippen LogP contribution in [0.2, 0.25) is 5.15 Å². The van der Waals surface area contributed by atoms with Gasteiger partial charge in [0.15, 0.2) is 16.7 Å². The molecule has 2 aromatic carbocycles. The van der Waals surface area contributed by atoms with Gasteiger partial charge >= 0.3 is 59.1 Å². The maximum atomic E-state index is 14.2. The molecule has 0 amide bonds. The first-order valence-corrected chi connectivity index (χ1v) is 12.0. The van der Waals surface area contributed by atoms with Crippen LogP contribution < -0.4 is 60.6 Å². The average Bonchev–Trinajstić information content (AvgIpc) is 3.14. The Morgan fingerprint density at radius 3 is 2.28 bits per heavy atom. The van der Waals surface area contributed by atoms with Gasteiger partial charge in [-0.25, -0.2) is 22.4 Å². The number of hydrogen-bond acceptors (Lipinski definition) is 7. The molecule has 14 heteroatoms. The fourth-order valence-electron chi connectivity index (χ4n) is 2.73. The van der Waals surface area contributed by atoms with Gasteiger partial charge in [0.2, 0.25) is 10.0 Å². The molecule has 0 atom stereocenters. The Morgan fingerprint density at radius 2 is 1.75 bits per heavy atom. The van der Waals surface area contributed by atoms with Crippen LogP contribution in [0.1, 0.15) is 1.43 Å². The molecule has 0 aliphatic rings. The Kier molecular flexibility index (Phi) is 9.66. The van der Waals surface area contributed by atoms with E-state index in [-0.39, 0.29) is 68.6 Å². The van der Waals surface area contributed by atoms with E-state index >= 15 is 0 Å². The maximum Gasteiger partial charge on any atom is 1.00 e. The van der Waals surface area contributed by atoms with Crippen LogP contribution in [0.15, 0.2) is 53.7 Å². The minimum atomic E-state index is -4.19. The van der Waals surface area contributed by atoms with Crippen LogP contribution in [0.3, 0.4) is 0 Å². The van der Waals surface area contributed by atoms with Crippen molar-refractivity contribution >= 4 is 29.4 Å². The van der Waals surface area contributed by atoms with Gasteiger partial charge < -0.3 is 6.16 Å². The van der Waals surface area contributed by atoms with Crippen LogP contribution >= 0.6 is 19.3 Å². The van der Waals surface area contributed by atoms with Gasteiger partial charge in [0.05, 0.1) is 17.7 Å². The SMILES string of the molecule is COc1ccc(-c2c(Cl)ncn2-c2ccc(S(=O)(=O)NP(=O)(OC)OC)cc2)cc1F.[H-].[K+]. The second-order valence-corrected chi connectivity index (χ2v) is 10.3. The van der Waals surface area contributed by atoms with E-state index in [4.69, 9.17) is 16.3 Å². The molecule has 0 spiro atoms. The molecule has 0 radical (unpaired) electrons. The molecule has 0 saturated carbocycles. The quantitative estimate of drug-likeness (QED) is 0.344. The monoisotopic (exact) mass is 529 g/mol. The fourth-order valence-corrected chi connectivity index (χ4v) is 5.81. The summed E-state index contributed by atoms with van der Waals surface area (Å²) in [5, 5.41) is 0.129. The summed E-state index contributed by atoms with van der Waals surface area (Å²) in [6.45, 7) is 0. The number of halogens is 2. The molecule has 0 saturated heterocycles. The van der Waals surface area contributed by atoms with Crippen molar-refractivity contribution in [3.8, 4) is 22.7 Å². The number of rotatable bonds is 8. The predicted molar refractivity (Wildman–Crippen MR) is 114 cm³/mol. The Balaban J connectivity index is 0.00000272. The van der Waals surface area contributed by atoms with Crippen molar-refractivity contribution in [1.82, 2.24) is 14.0 Å². The van der Waals surface area contributed by atoms with Gasteiger partial charge in [-0.05, 0) is 42.5 Å². The van der Waals surface area contributed by atoms with E-state index in [0.29, 0.717) is 16.9 Å². The van der Waals surface area contributed by atoms with E-state index in [2.05, 4.69) is 14.0 Å². The number of nitrogens with zero attached hydrogens (tertiary/aromatic N) is 2. The molecule has 1 aromatic heterocycles. The van der Waals surface area contributed by atoms with Gasteiger partial charge in [-0.1, -0.05) is 11.6 Å². The second-order valence-electron chi connectivity index (χ2n) is 6.05. The second kappa shape index (κ2) is 11.2. The van der Waals surface area contributed by atoms with Crippen LogP contribution in [-0.2, 0) is 23.6 Å². The van der Waals surface area contributed by atoms with Crippen LogP contribution in [-0.4, -0.2) is 39.3 Å². The van der Waals surface area contributed by atoms with Crippen LogP contribution in [0.25, 0.3) is 16.9 Å². The van der Waals surface area contributed by atoms with E-state index in [9.17, 15) is 17.4 Å². The van der Waals surface area contributed by atoms with E-state index in [1.807, 2.05) is 4.49 Å². The normalized spacial score (nSPS) is 11.8. The zero-order valence-corrected chi connectivity index (χ0v) is 23.2. The Bertz CT molecular complexity index is 1250. The van der Waals surface area contributed by atoms with Gasteiger partial charge in [-0.2, -0.15) is 0 Å². The molecule has 32 heavy (non-hydrogen) atoms. The summed E-state index contributed by atoms with van der Waals surface area (Å²) in [7, 11) is -4.73. The van der Waals surface area contributed by atoms with Crippen molar-refractivity contribution in [3.63, 3.8) is 0 Å². The molecule has 0 fully saturated rings. The van der Waals surface area contributed by atoms with Crippen LogP contribution in [0.4, 0.5) is 4.39 Å².